The first-order chi connectivity index (χ1) is 6.61. The molecule has 0 bridgehead atoms. The number of halogens is 2. The molecule has 1 aromatic rings. The maximum Gasteiger partial charge on any atom is 0.163 e. The average molecular weight is 298 g/mol. The molecule has 6 heteroatoms. The maximum absolute atomic E-state index is 9.78. The van der Waals surface area contributed by atoms with Crippen LogP contribution in [0.1, 0.15) is 11.6 Å². The second-order valence-electron chi connectivity index (χ2n) is 2.85. The highest BCUT2D eigenvalue weighted by atomic mass is 79.9. The molecule has 86 valence electrons. The number of hydrogen-bond acceptors (Lipinski definition) is 4. The van der Waals surface area contributed by atoms with Gasteiger partial charge in [-0.1, -0.05) is 15.9 Å². The molecule has 4 nitrogen and oxygen atoms in total. The first-order valence-electron chi connectivity index (χ1n) is 4.12. The molecule has 0 saturated heterocycles. The van der Waals surface area contributed by atoms with Crippen molar-refractivity contribution in [3.63, 3.8) is 0 Å². The Hall–Kier alpha value is -0.490. The normalized spacial score (nSPS) is 11.7. The van der Waals surface area contributed by atoms with Crippen LogP contribution in [0.3, 0.4) is 0 Å². The number of aromatic hydroxyl groups is 1. The van der Waals surface area contributed by atoms with E-state index < -0.39 is 6.04 Å². The molecule has 0 spiro atoms. The third kappa shape index (κ3) is 2.98. The van der Waals surface area contributed by atoms with Crippen LogP contribution in [0.25, 0.3) is 0 Å². The Bertz CT molecular complexity index is 336. The minimum atomic E-state index is -0.403. The highest BCUT2D eigenvalue weighted by molar-refractivity contribution is 9.10. The van der Waals surface area contributed by atoms with Gasteiger partial charge in [-0.05, 0) is 12.1 Å². The predicted octanol–water partition coefficient (Wildman–Crippen LogP) is 1.54. The van der Waals surface area contributed by atoms with E-state index >= 15 is 0 Å². The number of methoxy groups -OCH3 is 1. The van der Waals surface area contributed by atoms with Gasteiger partial charge in [-0.2, -0.15) is 0 Å². The molecule has 5 N–H and O–H groups in total. The summed E-state index contributed by atoms with van der Waals surface area (Å²) in [5.41, 5.74) is 11.8. The van der Waals surface area contributed by atoms with Crippen LogP contribution in [0.15, 0.2) is 16.6 Å². The van der Waals surface area contributed by atoms with Crippen molar-refractivity contribution in [2.24, 2.45) is 11.5 Å². The van der Waals surface area contributed by atoms with Crippen molar-refractivity contribution in [3.05, 3.63) is 22.2 Å². The van der Waals surface area contributed by atoms with E-state index in [2.05, 4.69) is 15.9 Å². The van der Waals surface area contributed by atoms with Gasteiger partial charge in [0.15, 0.2) is 11.5 Å². The molecule has 1 rings (SSSR count). The minimum Gasteiger partial charge on any atom is -0.504 e. The zero-order valence-corrected chi connectivity index (χ0v) is 10.6. The lowest BCUT2D eigenvalue weighted by Crippen LogP contribution is -2.21. The summed E-state index contributed by atoms with van der Waals surface area (Å²) in [4.78, 5) is 0. The Kier molecular flexibility index (Phi) is 5.97. The van der Waals surface area contributed by atoms with Crippen LogP contribution in [-0.2, 0) is 0 Å². The Morgan fingerprint density at radius 1 is 1.53 bits per heavy atom. The molecule has 0 aliphatic heterocycles. The van der Waals surface area contributed by atoms with E-state index in [0.717, 1.165) is 4.47 Å². The summed E-state index contributed by atoms with van der Waals surface area (Å²) in [6.45, 7) is 0.263. The van der Waals surface area contributed by atoms with E-state index in [1.807, 2.05) is 0 Å². The quantitative estimate of drug-likeness (QED) is 0.790. The number of phenolic OH excluding ortho intramolecular Hbond substituents is 1. The van der Waals surface area contributed by atoms with Crippen molar-refractivity contribution in [2.45, 2.75) is 6.04 Å². The molecular formula is C9H14BrClN2O2. The van der Waals surface area contributed by atoms with Crippen LogP contribution in [0.5, 0.6) is 11.5 Å². The zero-order chi connectivity index (χ0) is 10.7. The number of ether oxygens (including phenoxy) is 1. The van der Waals surface area contributed by atoms with Crippen molar-refractivity contribution in [2.75, 3.05) is 13.7 Å². The maximum atomic E-state index is 9.78. The fourth-order valence-electron chi connectivity index (χ4n) is 1.20. The standard InChI is InChI=1S/C9H13BrN2O2.ClH/c1-14-7-3-2-5(10)8(9(7)13)6(12)4-11;/h2-3,6,13H,4,11-12H2,1H3;1H/t6-;/m0./s1. The predicted molar refractivity (Wildman–Crippen MR) is 65.6 cm³/mol. The molecule has 15 heavy (non-hydrogen) atoms. The van der Waals surface area contributed by atoms with Crippen LogP contribution < -0.4 is 16.2 Å². The minimum absolute atomic E-state index is 0. The third-order valence-electron chi connectivity index (χ3n) is 1.97. The number of phenols is 1. The molecule has 0 fully saturated rings. The molecule has 1 aromatic carbocycles. The zero-order valence-electron chi connectivity index (χ0n) is 8.24. The second kappa shape index (κ2) is 6.17. The van der Waals surface area contributed by atoms with Gasteiger partial charge < -0.3 is 21.3 Å². The van der Waals surface area contributed by atoms with Crippen LogP contribution in [0, 0.1) is 0 Å². The summed E-state index contributed by atoms with van der Waals surface area (Å²) in [5.74, 6) is 0.437. The molecule has 0 aliphatic rings. The number of benzene rings is 1. The first kappa shape index (κ1) is 14.5. The molecular weight excluding hydrogens is 283 g/mol. The fraction of sp³-hybridized carbons (Fsp3) is 0.333. The Labute approximate surface area is 103 Å². The van der Waals surface area contributed by atoms with Crippen LogP contribution in [0.4, 0.5) is 0 Å². The molecule has 0 aromatic heterocycles. The first-order valence-corrected chi connectivity index (χ1v) is 4.92. The fourth-order valence-corrected chi connectivity index (χ4v) is 1.81. The summed E-state index contributed by atoms with van der Waals surface area (Å²) in [6.07, 6.45) is 0. The van der Waals surface area contributed by atoms with Crippen molar-refractivity contribution >= 4 is 28.3 Å². The topological polar surface area (TPSA) is 81.5 Å². The Balaban J connectivity index is 0.00000196. The van der Waals surface area contributed by atoms with Gasteiger partial charge in [0.1, 0.15) is 0 Å². The van der Waals surface area contributed by atoms with Crippen molar-refractivity contribution in [1.29, 1.82) is 0 Å². The van der Waals surface area contributed by atoms with E-state index in [4.69, 9.17) is 16.2 Å². The lowest BCUT2D eigenvalue weighted by Gasteiger charge is -2.15. The van der Waals surface area contributed by atoms with Gasteiger partial charge >= 0.3 is 0 Å². The third-order valence-corrected chi connectivity index (χ3v) is 2.66. The van der Waals surface area contributed by atoms with E-state index in [0.29, 0.717) is 11.3 Å². The highest BCUT2D eigenvalue weighted by Crippen LogP contribution is 2.37. The summed E-state index contributed by atoms with van der Waals surface area (Å²) in [7, 11) is 1.49. The van der Waals surface area contributed by atoms with Crippen molar-refractivity contribution in [3.8, 4) is 11.5 Å². The lowest BCUT2D eigenvalue weighted by atomic mass is 10.1. The van der Waals surface area contributed by atoms with Crippen LogP contribution >= 0.6 is 28.3 Å². The smallest absolute Gasteiger partial charge is 0.163 e. The lowest BCUT2D eigenvalue weighted by molar-refractivity contribution is 0.368. The van der Waals surface area contributed by atoms with Gasteiger partial charge in [0.05, 0.1) is 7.11 Å². The molecule has 1 atom stereocenters. The Morgan fingerprint density at radius 2 is 2.13 bits per heavy atom. The van der Waals surface area contributed by atoms with Gasteiger partial charge in [0, 0.05) is 22.6 Å². The van der Waals surface area contributed by atoms with Crippen LogP contribution in [0.2, 0.25) is 0 Å². The van der Waals surface area contributed by atoms with Gasteiger partial charge in [0.2, 0.25) is 0 Å². The van der Waals surface area contributed by atoms with Crippen LogP contribution in [-0.4, -0.2) is 18.8 Å². The summed E-state index contributed by atoms with van der Waals surface area (Å²) in [6, 6.07) is 3.02. The number of nitrogens with two attached hydrogens (primary N) is 2. The SMILES string of the molecule is COc1ccc(Br)c([C@@H](N)CN)c1O.Cl. The molecule has 0 radical (unpaired) electrons. The van der Waals surface area contributed by atoms with E-state index in [-0.39, 0.29) is 24.7 Å². The molecule has 0 heterocycles. The van der Waals surface area contributed by atoms with Gasteiger partial charge in [-0.3, -0.25) is 0 Å². The summed E-state index contributed by atoms with van der Waals surface area (Å²) >= 11 is 3.30. The molecule has 0 amide bonds. The molecule has 0 unspecified atom stereocenters. The Morgan fingerprint density at radius 3 is 2.60 bits per heavy atom. The van der Waals surface area contributed by atoms with E-state index in [9.17, 15) is 5.11 Å². The summed E-state index contributed by atoms with van der Waals surface area (Å²) < 4.78 is 5.70. The van der Waals surface area contributed by atoms with Gasteiger partial charge in [0.25, 0.3) is 0 Å². The van der Waals surface area contributed by atoms with E-state index in [1.165, 1.54) is 7.11 Å². The number of hydrogen-bond donors (Lipinski definition) is 3. The number of rotatable bonds is 3. The monoisotopic (exact) mass is 296 g/mol. The summed E-state index contributed by atoms with van der Waals surface area (Å²) in [5, 5.41) is 9.78. The van der Waals surface area contributed by atoms with Crippen molar-refractivity contribution < 1.29 is 9.84 Å². The largest absolute Gasteiger partial charge is 0.504 e. The highest BCUT2D eigenvalue weighted by Gasteiger charge is 2.16. The van der Waals surface area contributed by atoms with E-state index in [1.54, 1.807) is 12.1 Å². The van der Waals surface area contributed by atoms with Crippen molar-refractivity contribution in [1.82, 2.24) is 0 Å². The average Bonchev–Trinajstić information content (AvgIpc) is 2.18. The molecule has 0 aliphatic carbocycles. The van der Waals surface area contributed by atoms with Gasteiger partial charge in [-0.25, -0.2) is 0 Å². The second-order valence-corrected chi connectivity index (χ2v) is 3.71. The molecule has 0 saturated carbocycles. The van der Waals surface area contributed by atoms with Gasteiger partial charge in [-0.15, -0.1) is 12.4 Å².